The molecule has 0 saturated carbocycles. The summed E-state index contributed by atoms with van der Waals surface area (Å²) < 4.78 is 1.72. The van der Waals surface area contributed by atoms with Crippen molar-refractivity contribution in [3.8, 4) is 0 Å². The molecule has 0 fully saturated rings. The Kier molecular flexibility index (Phi) is 4.80. The number of hydrogen-bond donors (Lipinski definition) is 0. The monoisotopic (exact) mass is 372 g/mol. The third kappa shape index (κ3) is 3.59. The molecule has 0 unspecified atom stereocenters. The normalized spacial score (nSPS) is 10.9. The quantitative estimate of drug-likeness (QED) is 0.538. The molecule has 0 radical (unpaired) electrons. The fourth-order valence-electron chi connectivity index (χ4n) is 3.17. The second kappa shape index (κ2) is 7.56. The lowest BCUT2D eigenvalue weighted by Gasteiger charge is -2.18. The largest absolute Gasteiger partial charge is 0.337 e. The van der Waals surface area contributed by atoms with Crippen molar-refractivity contribution in [1.29, 1.82) is 0 Å². The Morgan fingerprint density at radius 3 is 2.64 bits per heavy atom. The van der Waals surface area contributed by atoms with Gasteiger partial charge < -0.3 is 4.90 Å². The highest BCUT2D eigenvalue weighted by molar-refractivity contribution is 5.94. The maximum Gasteiger partial charge on any atom is 0.253 e. The van der Waals surface area contributed by atoms with Crippen molar-refractivity contribution in [3.63, 3.8) is 0 Å². The average Bonchev–Trinajstić information content (AvgIpc) is 3.13. The van der Waals surface area contributed by atoms with Gasteiger partial charge in [0, 0.05) is 30.7 Å². The number of pyridine rings is 1. The van der Waals surface area contributed by atoms with Crippen molar-refractivity contribution in [3.05, 3.63) is 83.3 Å². The molecule has 28 heavy (non-hydrogen) atoms. The number of nitrogens with zero attached hydrogens (tertiary/aromatic N) is 6. The first kappa shape index (κ1) is 17.8. The van der Waals surface area contributed by atoms with Crippen LogP contribution in [0, 0.1) is 6.92 Å². The summed E-state index contributed by atoms with van der Waals surface area (Å²) in [7, 11) is 1.82. The molecule has 0 aliphatic heterocycles. The predicted octanol–water partition coefficient (Wildman–Crippen LogP) is 2.85. The van der Waals surface area contributed by atoms with Gasteiger partial charge >= 0.3 is 0 Å². The van der Waals surface area contributed by atoms with E-state index in [9.17, 15) is 4.79 Å². The minimum absolute atomic E-state index is 0.0222. The Balaban J connectivity index is 1.48. The van der Waals surface area contributed by atoms with Crippen molar-refractivity contribution < 1.29 is 4.79 Å². The van der Waals surface area contributed by atoms with E-state index in [-0.39, 0.29) is 5.91 Å². The van der Waals surface area contributed by atoms with Crippen LogP contribution in [-0.2, 0) is 13.1 Å². The minimum atomic E-state index is -0.0222. The number of benzene rings is 2. The number of hydrogen-bond acceptors (Lipinski definition) is 5. The Morgan fingerprint density at radius 2 is 1.89 bits per heavy atom. The van der Waals surface area contributed by atoms with Gasteiger partial charge in [-0.25, -0.2) is 4.68 Å². The van der Waals surface area contributed by atoms with E-state index in [1.807, 2.05) is 68.6 Å². The first-order chi connectivity index (χ1) is 13.6. The van der Waals surface area contributed by atoms with Gasteiger partial charge in [0.25, 0.3) is 5.91 Å². The van der Waals surface area contributed by atoms with Crippen molar-refractivity contribution in [2.24, 2.45) is 0 Å². The molecule has 2 heterocycles. The third-order valence-corrected chi connectivity index (χ3v) is 4.73. The van der Waals surface area contributed by atoms with Gasteiger partial charge in [-0.15, -0.1) is 5.10 Å². The molecule has 0 N–H and O–H groups in total. The highest BCUT2D eigenvalue weighted by Gasteiger charge is 2.14. The van der Waals surface area contributed by atoms with Crippen LogP contribution in [0.15, 0.2) is 60.8 Å². The molecule has 7 nitrogen and oxygen atoms in total. The molecule has 4 rings (SSSR count). The van der Waals surface area contributed by atoms with Crippen LogP contribution >= 0.6 is 0 Å². The summed E-state index contributed by atoms with van der Waals surface area (Å²) in [5.41, 5.74) is 3.70. The van der Waals surface area contributed by atoms with Gasteiger partial charge in [0.15, 0.2) is 0 Å². The molecule has 140 valence electrons. The van der Waals surface area contributed by atoms with E-state index in [0.29, 0.717) is 18.7 Å². The molecule has 2 aromatic heterocycles. The van der Waals surface area contributed by atoms with Gasteiger partial charge in [0.1, 0.15) is 5.82 Å². The molecular formula is C21H20N6O. The molecule has 0 spiro atoms. The van der Waals surface area contributed by atoms with E-state index in [2.05, 4.69) is 20.5 Å². The zero-order chi connectivity index (χ0) is 19.5. The average molecular weight is 372 g/mol. The molecular weight excluding hydrogens is 352 g/mol. The van der Waals surface area contributed by atoms with Gasteiger partial charge in [0.05, 0.1) is 12.1 Å². The van der Waals surface area contributed by atoms with Crippen molar-refractivity contribution in [1.82, 2.24) is 30.1 Å². The van der Waals surface area contributed by atoms with Crippen LogP contribution in [0.5, 0.6) is 0 Å². The Bertz CT molecular complexity index is 1110. The number of carbonyl (C=O) groups is 1. The van der Waals surface area contributed by atoms with Gasteiger partial charge in [-0.1, -0.05) is 30.3 Å². The van der Waals surface area contributed by atoms with E-state index in [1.165, 1.54) is 0 Å². The second-order valence-corrected chi connectivity index (χ2v) is 6.73. The molecule has 0 aliphatic rings. The van der Waals surface area contributed by atoms with Crippen LogP contribution < -0.4 is 0 Å². The van der Waals surface area contributed by atoms with Crippen LogP contribution in [0.1, 0.15) is 27.3 Å². The summed E-state index contributed by atoms with van der Waals surface area (Å²) in [5, 5.41) is 12.5. The number of tetrazole rings is 1. The maximum atomic E-state index is 12.8. The smallest absolute Gasteiger partial charge is 0.253 e. The van der Waals surface area contributed by atoms with Gasteiger partial charge in [-0.3, -0.25) is 9.78 Å². The van der Waals surface area contributed by atoms with Crippen molar-refractivity contribution in [2.75, 3.05) is 7.05 Å². The molecule has 0 atom stereocenters. The topological polar surface area (TPSA) is 76.8 Å². The molecule has 4 aromatic rings. The van der Waals surface area contributed by atoms with E-state index < -0.39 is 0 Å². The second-order valence-electron chi connectivity index (χ2n) is 6.73. The summed E-state index contributed by atoms with van der Waals surface area (Å²) in [4.78, 5) is 18.9. The molecule has 7 heteroatoms. The lowest BCUT2D eigenvalue weighted by molar-refractivity contribution is 0.0785. The van der Waals surface area contributed by atoms with E-state index >= 15 is 0 Å². The minimum Gasteiger partial charge on any atom is -0.337 e. The van der Waals surface area contributed by atoms with Crippen LogP contribution in [-0.4, -0.2) is 43.0 Å². The highest BCUT2D eigenvalue weighted by Crippen LogP contribution is 2.19. The SMILES string of the molecule is Cc1nnnn1Cc1ccc(C(=O)N(C)Cc2cccc3ncccc23)cc1. The van der Waals surface area contributed by atoms with Crippen molar-refractivity contribution in [2.45, 2.75) is 20.0 Å². The summed E-state index contributed by atoms with van der Waals surface area (Å²) in [6, 6.07) is 17.5. The lowest BCUT2D eigenvalue weighted by atomic mass is 10.1. The van der Waals surface area contributed by atoms with Gasteiger partial charge in [0.2, 0.25) is 0 Å². The lowest BCUT2D eigenvalue weighted by Crippen LogP contribution is -2.26. The van der Waals surface area contributed by atoms with E-state index in [1.54, 1.807) is 15.8 Å². The summed E-state index contributed by atoms with van der Waals surface area (Å²) in [5.74, 6) is 0.732. The zero-order valence-electron chi connectivity index (χ0n) is 15.8. The molecule has 0 bridgehead atoms. The number of fused-ring (bicyclic) bond motifs is 1. The molecule has 0 saturated heterocycles. The predicted molar refractivity (Wildman–Crippen MR) is 106 cm³/mol. The van der Waals surface area contributed by atoms with Crippen LogP contribution in [0.4, 0.5) is 0 Å². The standard InChI is InChI=1S/C21H20N6O/c1-15-23-24-25-27(15)13-16-8-10-17(11-9-16)21(28)26(2)14-18-5-3-7-20-19(18)6-4-12-22-20/h3-12H,13-14H2,1-2H3. The van der Waals surface area contributed by atoms with Gasteiger partial charge in [-0.05, 0) is 52.7 Å². The van der Waals surface area contributed by atoms with Crippen LogP contribution in [0.2, 0.25) is 0 Å². The van der Waals surface area contributed by atoms with E-state index in [4.69, 9.17) is 0 Å². The number of amides is 1. The fraction of sp³-hybridized carbons (Fsp3) is 0.190. The maximum absolute atomic E-state index is 12.8. The third-order valence-electron chi connectivity index (χ3n) is 4.73. The fourth-order valence-corrected chi connectivity index (χ4v) is 3.17. The van der Waals surface area contributed by atoms with Crippen molar-refractivity contribution >= 4 is 16.8 Å². The molecule has 2 aromatic carbocycles. The number of aryl methyl sites for hydroxylation is 1. The number of aromatic nitrogens is 5. The number of carbonyl (C=O) groups excluding carboxylic acids is 1. The summed E-state index contributed by atoms with van der Waals surface area (Å²) in [6.07, 6.45) is 1.78. The Labute approximate surface area is 162 Å². The van der Waals surface area contributed by atoms with E-state index in [0.717, 1.165) is 27.9 Å². The first-order valence-corrected chi connectivity index (χ1v) is 9.01. The summed E-state index contributed by atoms with van der Waals surface area (Å²) >= 11 is 0. The molecule has 1 amide bonds. The Hall–Kier alpha value is -3.61. The highest BCUT2D eigenvalue weighted by atomic mass is 16.2. The van der Waals surface area contributed by atoms with Crippen LogP contribution in [0.25, 0.3) is 10.9 Å². The molecule has 0 aliphatic carbocycles. The summed E-state index contributed by atoms with van der Waals surface area (Å²) in [6.45, 7) is 2.95. The zero-order valence-corrected chi connectivity index (χ0v) is 15.8. The van der Waals surface area contributed by atoms with Crippen LogP contribution in [0.3, 0.4) is 0 Å². The first-order valence-electron chi connectivity index (χ1n) is 9.01. The van der Waals surface area contributed by atoms with Gasteiger partial charge in [-0.2, -0.15) is 0 Å². The number of rotatable bonds is 5. The Morgan fingerprint density at radius 1 is 1.07 bits per heavy atom.